The van der Waals surface area contributed by atoms with E-state index in [4.69, 9.17) is 0 Å². The summed E-state index contributed by atoms with van der Waals surface area (Å²) in [5.74, 6) is -1.81. The first-order chi connectivity index (χ1) is 8.52. The van der Waals surface area contributed by atoms with Crippen LogP contribution >= 0.6 is 0 Å². The zero-order valence-corrected chi connectivity index (χ0v) is 10.3. The Morgan fingerprint density at radius 3 is 2.67 bits per heavy atom. The minimum Gasteiger partial charge on any atom is -0.480 e. The second kappa shape index (κ2) is 4.96. The van der Waals surface area contributed by atoms with Crippen molar-refractivity contribution in [2.45, 2.75) is 31.7 Å². The average molecular weight is 255 g/mol. The van der Waals surface area contributed by atoms with Crippen molar-refractivity contribution < 1.29 is 24.2 Å². The van der Waals surface area contributed by atoms with Crippen LogP contribution in [-0.4, -0.2) is 47.5 Å². The highest BCUT2D eigenvalue weighted by atomic mass is 16.5. The third kappa shape index (κ3) is 2.63. The van der Waals surface area contributed by atoms with E-state index in [1.165, 1.54) is 12.0 Å². The molecule has 2 fully saturated rings. The third-order valence-corrected chi connectivity index (χ3v) is 3.61. The SMILES string of the molecule is COC(=O)C1CC(=O)N([C@@H](CC2CC2)C(=O)O)C1. The molecule has 100 valence electrons. The summed E-state index contributed by atoms with van der Waals surface area (Å²) in [6, 6.07) is -0.792. The molecule has 1 aliphatic heterocycles. The van der Waals surface area contributed by atoms with Gasteiger partial charge in [-0.05, 0) is 12.3 Å². The fraction of sp³-hybridized carbons (Fsp3) is 0.750. The molecule has 0 radical (unpaired) electrons. The van der Waals surface area contributed by atoms with Crippen molar-refractivity contribution in [2.75, 3.05) is 13.7 Å². The fourth-order valence-corrected chi connectivity index (χ4v) is 2.39. The molecule has 1 saturated heterocycles. The highest BCUT2D eigenvalue weighted by Gasteiger charge is 2.42. The summed E-state index contributed by atoms with van der Waals surface area (Å²) in [5, 5.41) is 9.20. The molecule has 1 saturated carbocycles. The van der Waals surface area contributed by atoms with Crippen LogP contribution < -0.4 is 0 Å². The Balaban J connectivity index is 2.03. The summed E-state index contributed by atoms with van der Waals surface area (Å²) in [4.78, 5) is 35.7. The summed E-state index contributed by atoms with van der Waals surface area (Å²) in [6.07, 6.45) is 2.62. The lowest BCUT2D eigenvalue weighted by Gasteiger charge is -2.24. The molecule has 0 aromatic rings. The number of hydrogen-bond acceptors (Lipinski definition) is 4. The van der Waals surface area contributed by atoms with E-state index in [2.05, 4.69) is 4.74 Å². The van der Waals surface area contributed by atoms with Gasteiger partial charge < -0.3 is 14.7 Å². The van der Waals surface area contributed by atoms with Crippen LogP contribution in [0.1, 0.15) is 25.7 Å². The Labute approximate surface area is 105 Å². The molecular formula is C12H17NO5. The molecule has 0 aromatic heterocycles. The summed E-state index contributed by atoms with van der Waals surface area (Å²) >= 11 is 0. The third-order valence-electron chi connectivity index (χ3n) is 3.61. The molecule has 0 aromatic carbocycles. The first-order valence-corrected chi connectivity index (χ1v) is 6.13. The van der Waals surface area contributed by atoms with Gasteiger partial charge in [-0.3, -0.25) is 9.59 Å². The number of amides is 1. The van der Waals surface area contributed by atoms with E-state index in [0.29, 0.717) is 12.3 Å². The van der Waals surface area contributed by atoms with Crippen LogP contribution in [0.4, 0.5) is 0 Å². The summed E-state index contributed by atoms with van der Waals surface area (Å²) in [5.41, 5.74) is 0. The Morgan fingerprint density at radius 2 is 2.17 bits per heavy atom. The summed E-state index contributed by atoms with van der Waals surface area (Å²) in [7, 11) is 1.27. The van der Waals surface area contributed by atoms with Crippen molar-refractivity contribution in [2.24, 2.45) is 11.8 Å². The molecule has 6 nitrogen and oxygen atoms in total. The second-order valence-corrected chi connectivity index (χ2v) is 5.00. The van der Waals surface area contributed by atoms with Gasteiger partial charge in [0.25, 0.3) is 0 Å². The van der Waals surface area contributed by atoms with Crippen LogP contribution in [0.3, 0.4) is 0 Å². The molecule has 2 aliphatic rings. The number of aliphatic carboxylic acids is 1. The van der Waals surface area contributed by atoms with E-state index in [9.17, 15) is 19.5 Å². The van der Waals surface area contributed by atoms with Gasteiger partial charge in [-0.15, -0.1) is 0 Å². The van der Waals surface area contributed by atoms with Crippen LogP contribution in [0, 0.1) is 11.8 Å². The minimum atomic E-state index is -0.985. The standard InChI is InChI=1S/C12H17NO5/c1-18-12(17)8-5-10(14)13(6-8)9(11(15)16)4-7-2-3-7/h7-9H,2-6H2,1H3,(H,15,16)/t8?,9-/m0/s1. The number of nitrogens with zero attached hydrogens (tertiary/aromatic N) is 1. The van der Waals surface area contributed by atoms with Gasteiger partial charge in [-0.2, -0.15) is 0 Å². The number of likely N-dealkylation sites (tertiary alicyclic amines) is 1. The van der Waals surface area contributed by atoms with Gasteiger partial charge in [0.15, 0.2) is 0 Å². The molecule has 1 unspecified atom stereocenters. The zero-order valence-electron chi connectivity index (χ0n) is 10.3. The lowest BCUT2D eigenvalue weighted by atomic mass is 10.1. The smallest absolute Gasteiger partial charge is 0.326 e. The van der Waals surface area contributed by atoms with E-state index < -0.39 is 23.9 Å². The first-order valence-electron chi connectivity index (χ1n) is 6.13. The topological polar surface area (TPSA) is 83.9 Å². The number of carbonyl (C=O) groups is 3. The molecule has 2 atom stereocenters. The number of carboxylic acids is 1. The second-order valence-electron chi connectivity index (χ2n) is 5.00. The predicted octanol–water partition coefficient (Wildman–Crippen LogP) is 0.261. The molecule has 18 heavy (non-hydrogen) atoms. The number of ether oxygens (including phenoxy) is 1. The molecular weight excluding hydrogens is 238 g/mol. The minimum absolute atomic E-state index is 0.0567. The van der Waals surface area contributed by atoms with Gasteiger partial charge >= 0.3 is 11.9 Å². The van der Waals surface area contributed by atoms with Crippen molar-refractivity contribution in [3.8, 4) is 0 Å². The molecule has 1 heterocycles. The number of rotatable bonds is 5. The largest absolute Gasteiger partial charge is 0.480 e. The van der Waals surface area contributed by atoms with Gasteiger partial charge in [-0.1, -0.05) is 12.8 Å². The van der Waals surface area contributed by atoms with Crippen LogP contribution in [0.5, 0.6) is 0 Å². The highest BCUT2D eigenvalue weighted by Crippen LogP contribution is 2.36. The van der Waals surface area contributed by atoms with Crippen molar-refractivity contribution in [1.82, 2.24) is 4.90 Å². The van der Waals surface area contributed by atoms with Gasteiger partial charge in [0.1, 0.15) is 6.04 Å². The van der Waals surface area contributed by atoms with Crippen molar-refractivity contribution in [3.05, 3.63) is 0 Å². The fourth-order valence-electron chi connectivity index (χ4n) is 2.39. The molecule has 1 amide bonds. The average Bonchev–Trinajstić information content (AvgIpc) is 3.07. The van der Waals surface area contributed by atoms with Gasteiger partial charge in [0.2, 0.25) is 5.91 Å². The van der Waals surface area contributed by atoms with Crippen LogP contribution in [0.2, 0.25) is 0 Å². The number of carboxylic acid groups (broad SMARTS) is 1. The Hall–Kier alpha value is -1.59. The van der Waals surface area contributed by atoms with E-state index in [-0.39, 0.29) is 18.9 Å². The normalized spacial score (nSPS) is 25.1. The maximum atomic E-state index is 11.8. The predicted molar refractivity (Wildman–Crippen MR) is 60.6 cm³/mol. The quantitative estimate of drug-likeness (QED) is 0.712. The molecule has 0 bridgehead atoms. The number of hydrogen-bond donors (Lipinski definition) is 1. The maximum Gasteiger partial charge on any atom is 0.326 e. The highest BCUT2D eigenvalue weighted by molar-refractivity contribution is 5.90. The number of carbonyl (C=O) groups excluding carboxylic acids is 2. The first kappa shape index (κ1) is 12.9. The van der Waals surface area contributed by atoms with Crippen molar-refractivity contribution in [1.29, 1.82) is 0 Å². The molecule has 0 spiro atoms. The van der Waals surface area contributed by atoms with Crippen molar-refractivity contribution in [3.63, 3.8) is 0 Å². The monoisotopic (exact) mass is 255 g/mol. The van der Waals surface area contributed by atoms with E-state index >= 15 is 0 Å². The Morgan fingerprint density at radius 1 is 1.50 bits per heavy atom. The van der Waals surface area contributed by atoms with E-state index in [1.807, 2.05) is 0 Å². The number of esters is 1. The zero-order chi connectivity index (χ0) is 13.3. The summed E-state index contributed by atoms with van der Waals surface area (Å²) < 4.78 is 4.60. The molecule has 1 N–H and O–H groups in total. The van der Waals surface area contributed by atoms with Crippen LogP contribution in [-0.2, 0) is 19.1 Å². The molecule has 6 heteroatoms. The Bertz CT molecular complexity index is 377. The molecule has 2 rings (SSSR count). The van der Waals surface area contributed by atoms with Crippen LogP contribution in [0.25, 0.3) is 0 Å². The van der Waals surface area contributed by atoms with Crippen LogP contribution in [0.15, 0.2) is 0 Å². The number of methoxy groups -OCH3 is 1. The lowest BCUT2D eigenvalue weighted by Crippen LogP contribution is -2.42. The van der Waals surface area contributed by atoms with Gasteiger partial charge in [0, 0.05) is 13.0 Å². The van der Waals surface area contributed by atoms with Gasteiger partial charge in [0.05, 0.1) is 13.0 Å². The Kier molecular flexibility index (Phi) is 3.54. The van der Waals surface area contributed by atoms with Gasteiger partial charge in [-0.25, -0.2) is 4.79 Å². The van der Waals surface area contributed by atoms with E-state index in [1.54, 1.807) is 0 Å². The summed E-state index contributed by atoms with van der Waals surface area (Å²) in [6.45, 7) is 0.162. The van der Waals surface area contributed by atoms with E-state index in [0.717, 1.165) is 12.8 Å². The molecule has 1 aliphatic carbocycles. The maximum absolute atomic E-state index is 11.8. The van der Waals surface area contributed by atoms with Crippen molar-refractivity contribution >= 4 is 17.8 Å². The lowest BCUT2D eigenvalue weighted by molar-refractivity contribution is -0.149.